The molecule has 0 aliphatic heterocycles. The summed E-state index contributed by atoms with van der Waals surface area (Å²) in [6.07, 6.45) is -3.44. The van der Waals surface area contributed by atoms with Gasteiger partial charge in [-0.2, -0.15) is 26.3 Å². The topological polar surface area (TPSA) is 58.2 Å². The lowest BCUT2D eigenvalue weighted by Crippen LogP contribution is -2.51. The summed E-state index contributed by atoms with van der Waals surface area (Å²) in [4.78, 5) is 21.6. The Hall–Kier alpha value is -3.34. The molecule has 3 aliphatic rings. The van der Waals surface area contributed by atoms with Gasteiger partial charge >= 0.3 is 18.3 Å². The Morgan fingerprint density at radius 1 is 1.07 bits per heavy atom. The molecule has 1 heterocycles. The molecular weight excluding hydrogens is 584 g/mol. The minimum absolute atomic E-state index is 0.0961. The third-order valence-corrected chi connectivity index (χ3v) is 8.94. The average Bonchev–Trinajstić information content (AvgIpc) is 3.38. The molecule has 1 fully saturated rings. The molecule has 238 valence electrons. The van der Waals surface area contributed by atoms with E-state index >= 15 is 0 Å². The van der Waals surface area contributed by atoms with Crippen LogP contribution >= 0.6 is 0 Å². The number of imidazole rings is 1. The number of aromatic nitrogens is 2. The number of hydrogen-bond donors (Lipinski definition) is 1. The number of rotatable bonds is 10. The highest BCUT2D eigenvalue weighted by Crippen LogP contribution is 2.53. The van der Waals surface area contributed by atoms with Crippen LogP contribution < -0.4 is 0 Å². The lowest BCUT2D eigenvalue weighted by molar-refractivity contribution is -0.176. The minimum atomic E-state index is -4.98. The van der Waals surface area contributed by atoms with E-state index in [4.69, 9.17) is 4.74 Å². The van der Waals surface area contributed by atoms with E-state index in [-0.39, 0.29) is 41.6 Å². The summed E-state index contributed by atoms with van der Waals surface area (Å²) in [7, 11) is 1.93. The standard InChI is InChI=1S/C33H37F6N3O2/c1-20(2)30(43)44-31(19-22-11-12-23(31)16-25(22)21-8-5-4-6-9-21)13-15-42(3)14-7-10-28-40-27-18-24(32(34,35)36)17-26(29(27)41-28)33(37,38)39/h4-6,8-9,16-18,20,22-23H,7,10-15,19H2,1-3H3,(H,40,41)/t22-,23+,31+/m1/s1. The van der Waals surface area contributed by atoms with Crippen LogP contribution in [0.3, 0.4) is 0 Å². The summed E-state index contributed by atoms with van der Waals surface area (Å²) in [5.41, 5.74) is -1.69. The third-order valence-electron chi connectivity index (χ3n) is 8.94. The van der Waals surface area contributed by atoms with Crippen molar-refractivity contribution in [3.8, 4) is 0 Å². The molecule has 3 atom stereocenters. The van der Waals surface area contributed by atoms with Gasteiger partial charge in [0.15, 0.2) is 0 Å². The van der Waals surface area contributed by atoms with E-state index in [1.54, 1.807) is 0 Å². The number of benzene rings is 2. The fourth-order valence-electron chi connectivity index (χ4n) is 6.58. The van der Waals surface area contributed by atoms with Crippen LogP contribution in [0, 0.1) is 17.8 Å². The third kappa shape index (κ3) is 6.82. The molecule has 0 spiro atoms. The van der Waals surface area contributed by atoms with Crippen LogP contribution in [0.5, 0.6) is 0 Å². The van der Waals surface area contributed by atoms with Crippen LogP contribution in [0.15, 0.2) is 48.5 Å². The van der Waals surface area contributed by atoms with Crippen molar-refractivity contribution in [1.29, 1.82) is 0 Å². The molecule has 2 bridgehead atoms. The van der Waals surface area contributed by atoms with Crippen molar-refractivity contribution >= 4 is 22.6 Å². The Morgan fingerprint density at radius 3 is 2.41 bits per heavy atom. The molecule has 1 saturated carbocycles. The van der Waals surface area contributed by atoms with E-state index in [9.17, 15) is 31.1 Å². The number of aromatic amines is 1. The predicted molar refractivity (Wildman–Crippen MR) is 155 cm³/mol. The molecule has 2 aromatic carbocycles. The maximum Gasteiger partial charge on any atom is 0.418 e. The zero-order valence-electron chi connectivity index (χ0n) is 25.0. The Balaban J connectivity index is 1.25. The zero-order chi connectivity index (χ0) is 31.9. The molecule has 3 aliphatic carbocycles. The predicted octanol–water partition coefficient (Wildman–Crippen LogP) is 8.31. The quantitative estimate of drug-likeness (QED) is 0.183. The number of nitrogens with zero attached hydrogens (tertiary/aromatic N) is 2. The first-order valence-corrected chi connectivity index (χ1v) is 15.0. The highest BCUT2D eigenvalue weighted by atomic mass is 19.4. The minimum Gasteiger partial charge on any atom is -0.458 e. The lowest BCUT2D eigenvalue weighted by Gasteiger charge is -2.50. The molecule has 0 saturated heterocycles. The first-order chi connectivity index (χ1) is 20.7. The van der Waals surface area contributed by atoms with Gasteiger partial charge in [0.1, 0.15) is 16.9 Å². The number of H-pyrrole nitrogens is 1. The van der Waals surface area contributed by atoms with Gasteiger partial charge in [0.2, 0.25) is 0 Å². The summed E-state index contributed by atoms with van der Waals surface area (Å²) >= 11 is 0. The van der Waals surface area contributed by atoms with Crippen LogP contribution in [-0.2, 0) is 28.3 Å². The van der Waals surface area contributed by atoms with Crippen LogP contribution in [-0.4, -0.2) is 46.6 Å². The van der Waals surface area contributed by atoms with Gasteiger partial charge in [0.05, 0.1) is 22.6 Å². The molecule has 5 nitrogen and oxygen atoms in total. The van der Waals surface area contributed by atoms with E-state index in [0.29, 0.717) is 37.9 Å². The van der Waals surface area contributed by atoms with E-state index in [2.05, 4.69) is 33.1 Å². The SMILES string of the molecule is CC(C)C(=O)O[C@@]1(CCN(C)CCCc2nc3c(C(F)(F)F)cc(C(F)(F)F)cc3[nH]2)C[C@H]2CC[C@H]1C=C2c1ccccc1. The molecule has 0 amide bonds. The first-order valence-electron chi connectivity index (χ1n) is 15.0. The van der Waals surface area contributed by atoms with Crippen molar-refractivity contribution < 1.29 is 35.9 Å². The van der Waals surface area contributed by atoms with Gasteiger partial charge in [-0.1, -0.05) is 50.3 Å². The van der Waals surface area contributed by atoms with Gasteiger partial charge in [-0.25, -0.2) is 4.98 Å². The second-order valence-corrected chi connectivity index (χ2v) is 12.5. The highest BCUT2D eigenvalue weighted by molar-refractivity contribution is 5.80. The summed E-state index contributed by atoms with van der Waals surface area (Å²) < 4.78 is 86.6. The van der Waals surface area contributed by atoms with E-state index < -0.39 is 34.6 Å². The Labute approximate surface area is 252 Å². The molecule has 1 aromatic heterocycles. The number of aryl methyl sites for hydroxylation is 1. The zero-order valence-corrected chi connectivity index (χ0v) is 25.0. The molecule has 1 N–H and O–H groups in total. The number of carbonyl (C=O) groups excluding carboxylic acids is 1. The number of fused-ring (bicyclic) bond motifs is 3. The van der Waals surface area contributed by atoms with Gasteiger partial charge in [0.25, 0.3) is 0 Å². The van der Waals surface area contributed by atoms with Crippen molar-refractivity contribution in [3.05, 3.63) is 71.1 Å². The maximum absolute atomic E-state index is 13.5. The maximum atomic E-state index is 13.5. The van der Waals surface area contributed by atoms with Crippen molar-refractivity contribution in [2.24, 2.45) is 17.8 Å². The van der Waals surface area contributed by atoms with Gasteiger partial charge in [-0.3, -0.25) is 4.79 Å². The summed E-state index contributed by atoms with van der Waals surface area (Å²) in [6, 6.07) is 11.1. The first kappa shape index (κ1) is 32.1. The van der Waals surface area contributed by atoms with Crippen LogP contribution in [0.1, 0.15) is 68.5 Å². The smallest absolute Gasteiger partial charge is 0.418 e. The van der Waals surface area contributed by atoms with Crippen molar-refractivity contribution in [3.63, 3.8) is 0 Å². The monoisotopic (exact) mass is 621 g/mol. The number of hydrogen-bond acceptors (Lipinski definition) is 4. The molecule has 44 heavy (non-hydrogen) atoms. The Bertz CT molecular complexity index is 1510. The number of ether oxygens (including phenoxy) is 1. The van der Waals surface area contributed by atoms with Crippen molar-refractivity contribution in [2.75, 3.05) is 20.1 Å². The van der Waals surface area contributed by atoms with Crippen LogP contribution in [0.2, 0.25) is 0 Å². The van der Waals surface area contributed by atoms with Crippen LogP contribution in [0.25, 0.3) is 16.6 Å². The number of allylic oxidation sites excluding steroid dienone is 1. The molecule has 6 rings (SSSR count). The molecule has 3 aromatic rings. The molecule has 0 radical (unpaired) electrons. The highest BCUT2D eigenvalue weighted by Gasteiger charge is 2.50. The van der Waals surface area contributed by atoms with Gasteiger partial charge in [-0.15, -0.1) is 0 Å². The van der Waals surface area contributed by atoms with E-state index in [0.717, 1.165) is 19.3 Å². The Kier molecular flexibility index (Phi) is 8.90. The van der Waals surface area contributed by atoms with Gasteiger partial charge in [-0.05, 0) is 68.5 Å². The number of nitrogens with one attached hydrogen (secondary N) is 1. The van der Waals surface area contributed by atoms with Crippen molar-refractivity contribution in [2.45, 2.75) is 70.3 Å². The number of alkyl halides is 6. The summed E-state index contributed by atoms with van der Waals surface area (Å²) in [5, 5.41) is 0. The summed E-state index contributed by atoms with van der Waals surface area (Å²) in [5.74, 6) is 0.117. The fraction of sp³-hybridized carbons (Fsp3) is 0.515. The second-order valence-electron chi connectivity index (χ2n) is 12.5. The normalized spacial score (nSPS) is 22.2. The number of esters is 1. The van der Waals surface area contributed by atoms with Gasteiger partial charge < -0.3 is 14.6 Å². The molecular formula is C33H37F6N3O2. The van der Waals surface area contributed by atoms with Crippen molar-refractivity contribution in [1.82, 2.24) is 14.9 Å². The average molecular weight is 622 g/mol. The van der Waals surface area contributed by atoms with E-state index in [1.807, 2.05) is 39.1 Å². The number of halogens is 6. The molecule has 0 unspecified atom stereocenters. The second kappa shape index (κ2) is 12.2. The summed E-state index contributed by atoms with van der Waals surface area (Å²) in [6.45, 7) is 4.86. The Morgan fingerprint density at radius 2 is 1.80 bits per heavy atom. The largest absolute Gasteiger partial charge is 0.458 e. The lowest BCUT2D eigenvalue weighted by atomic mass is 9.60. The van der Waals surface area contributed by atoms with E-state index in [1.165, 1.54) is 11.1 Å². The van der Waals surface area contributed by atoms with Crippen LogP contribution in [0.4, 0.5) is 26.3 Å². The fourth-order valence-corrected chi connectivity index (χ4v) is 6.58. The van der Waals surface area contributed by atoms with Gasteiger partial charge in [0, 0.05) is 25.3 Å². The number of carbonyl (C=O) groups is 1. The molecule has 11 heteroatoms.